The summed E-state index contributed by atoms with van der Waals surface area (Å²) < 4.78 is 24.2. The highest BCUT2D eigenvalue weighted by Crippen LogP contribution is 2.33. The number of pyridine rings is 1. The minimum atomic E-state index is -0.599. The van der Waals surface area contributed by atoms with Crippen LogP contribution < -0.4 is 4.74 Å². The van der Waals surface area contributed by atoms with Crippen molar-refractivity contribution >= 4 is 33.5 Å². The van der Waals surface area contributed by atoms with Crippen molar-refractivity contribution in [2.45, 2.75) is 6.92 Å². The molecular weight excluding hydrogens is 365 g/mol. The molecule has 1 heterocycles. The smallest absolute Gasteiger partial charge is 0.339 e. The maximum Gasteiger partial charge on any atom is 0.339 e. The Morgan fingerprint density at radius 3 is 2.81 bits per heavy atom. The average Bonchev–Trinajstić information content (AvgIpc) is 2.46. The molecule has 7 heteroatoms. The Bertz CT molecular complexity index is 664. The Hall–Kier alpha value is -1.66. The lowest BCUT2D eigenvalue weighted by molar-refractivity contribution is 0.0526. The van der Waals surface area contributed by atoms with Crippen molar-refractivity contribution in [2.75, 3.05) is 6.61 Å². The molecule has 0 fully saturated rings. The van der Waals surface area contributed by atoms with Gasteiger partial charge in [0, 0.05) is 18.3 Å². The van der Waals surface area contributed by atoms with Crippen LogP contribution >= 0.6 is 27.5 Å². The molecule has 0 saturated heterocycles. The summed E-state index contributed by atoms with van der Waals surface area (Å²) in [4.78, 5) is 15.4. The molecule has 1 aromatic heterocycles. The van der Waals surface area contributed by atoms with E-state index in [9.17, 15) is 9.18 Å². The molecule has 0 radical (unpaired) electrons. The molecule has 0 amide bonds. The van der Waals surface area contributed by atoms with Crippen molar-refractivity contribution in [2.24, 2.45) is 0 Å². The lowest BCUT2D eigenvalue weighted by Crippen LogP contribution is -2.05. The topological polar surface area (TPSA) is 48.4 Å². The van der Waals surface area contributed by atoms with Crippen molar-refractivity contribution in [3.05, 3.63) is 51.3 Å². The second-order valence-electron chi connectivity index (χ2n) is 3.90. The molecule has 0 saturated carbocycles. The van der Waals surface area contributed by atoms with E-state index in [1.807, 2.05) is 0 Å². The number of aromatic nitrogens is 1. The van der Waals surface area contributed by atoms with Crippen molar-refractivity contribution in [1.82, 2.24) is 4.98 Å². The molecule has 21 heavy (non-hydrogen) atoms. The molecule has 0 spiro atoms. The largest absolute Gasteiger partial charge is 0.462 e. The van der Waals surface area contributed by atoms with Gasteiger partial charge >= 0.3 is 5.97 Å². The van der Waals surface area contributed by atoms with Crippen LogP contribution in [-0.4, -0.2) is 17.6 Å². The molecule has 0 aliphatic heterocycles. The summed E-state index contributed by atoms with van der Waals surface area (Å²) in [6.07, 6.45) is 1.33. The van der Waals surface area contributed by atoms with E-state index in [1.54, 1.807) is 6.92 Å². The number of hydrogen-bond donors (Lipinski definition) is 0. The van der Waals surface area contributed by atoms with Gasteiger partial charge in [-0.3, -0.25) is 0 Å². The standard InChI is InChI=1S/C14H10BrClFNO3/c1-2-20-14(19)8-3-4-13(18-7-8)21-12-6-11(17)10(16)5-9(12)15/h3-7H,2H2,1H3. The highest BCUT2D eigenvalue weighted by Gasteiger charge is 2.11. The van der Waals surface area contributed by atoms with Crippen molar-refractivity contribution in [3.63, 3.8) is 0 Å². The Balaban J connectivity index is 2.17. The van der Waals surface area contributed by atoms with Gasteiger partial charge in [0.1, 0.15) is 11.6 Å². The average molecular weight is 375 g/mol. The number of benzene rings is 1. The zero-order valence-electron chi connectivity index (χ0n) is 10.9. The Morgan fingerprint density at radius 2 is 2.19 bits per heavy atom. The van der Waals surface area contributed by atoms with Crippen LogP contribution in [0.4, 0.5) is 4.39 Å². The molecule has 2 rings (SSSR count). The van der Waals surface area contributed by atoms with Gasteiger partial charge in [-0.05, 0) is 35.0 Å². The first kappa shape index (κ1) is 15.7. The van der Waals surface area contributed by atoms with E-state index >= 15 is 0 Å². The number of halogens is 3. The van der Waals surface area contributed by atoms with Gasteiger partial charge in [0.2, 0.25) is 5.88 Å². The highest BCUT2D eigenvalue weighted by molar-refractivity contribution is 9.10. The fraction of sp³-hybridized carbons (Fsp3) is 0.143. The molecule has 0 N–H and O–H groups in total. The molecule has 0 aliphatic carbocycles. The third-order valence-electron chi connectivity index (χ3n) is 2.44. The monoisotopic (exact) mass is 373 g/mol. The maximum absolute atomic E-state index is 13.4. The van der Waals surface area contributed by atoms with Gasteiger partial charge in [0.25, 0.3) is 0 Å². The van der Waals surface area contributed by atoms with Gasteiger partial charge in [-0.1, -0.05) is 11.6 Å². The zero-order valence-corrected chi connectivity index (χ0v) is 13.2. The number of carbonyl (C=O) groups excluding carboxylic acids is 1. The summed E-state index contributed by atoms with van der Waals surface area (Å²) >= 11 is 8.87. The first-order valence-electron chi connectivity index (χ1n) is 5.97. The number of esters is 1. The van der Waals surface area contributed by atoms with Crippen molar-refractivity contribution in [1.29, 1.82) is 0 Å². The maximum atomic E-state index is 13.4. The van der Waals surface area contributed by atoms with Gasteiger partial charge in [0.15, 0.2) is 0 Å². The van der Waals surface area contributed by atoms with Crippen LogP contribution in [0.2, 0.25) is 5.02 Å². The van der Waals surface area contributed by atoms with Crippen molar-refractivity contribution in [3.8, 4) is 11.6 Å². The molecule has 1 aromatic carbocycles. The third kappa shape index (κ3) is 3.92. The summed E-state index contributed by atoms with van der Waals surface area (Å²) in [5.41, 5.74) is 0.311. The van der Waals surface area contributed by atoms with Gasteiger partial charge in [-0.2, -0.15) is 0 Å². The molecule has 4 nitrogen and oxygen atoms in total. The Morgan fingerprint density at radius 1 is 1.43 bits per heavy atom. The van der Waals surface area contributed by atoms with Crippen LogP contribution in [0.15, 0.2) is 34.9 Å². The van der Waals surface area contributed by atoms with Crippen LogP contribution in [0.5, 0.6) is 11.6 Å². The number of rotatable bonds is 4. The summed E-state index contributed by atoms with van der Waals surface area (Å²) in [6, 6.07) is 5.54. The fourth-order valence-corrected chi connectivity index (χ4v) is 2.19. The van der Waals surface area contributed by atoms with E-state index in [2.05, 4.69) is 20.9 Å². The lowest BCUT2D eigenvalue weighted by Gasteiger charge is -2.08. The van der Waals surface area contributed by atoms with Crippen LogP contribution in [0, 0.1) is 5.82 Å². The van der Waals surface area contributed by atoms with E-state index in [4.69, 9.17) is 21.1 Å². The normalized spacial score (nSPS) is 10.3. The van der Waals surface area contributed by atoms with Gasteiger partial charge in [-0.25, -0.2) is 14.2 Å². The Labute approximate surface area is 134 Å². The second kappa shape index (κ2) is 6.87. The van der Waals surface area contributed by atoms with Gasteiger partial charge in [0.05, 0.1) is 21.7 Å². The Kier molecular flexibility index (Phi) is 5.14. The summed E-state index contributed by atoms with van der Waals surface area (Å²) in [6.45, 7) is 2.00. The molecule has 0 atom stereocenters. The number of nitrogens with zero attached hydrogens (tertiary/aromatic N) is 1. The van der Waals surface area contributed by atoms with Gasteiger partial charge < -0.3 is 9.47 Å². The first-order chi connectivity index (χ1) is 10.0. The fourth-order valence-electron chi connectivity index (χ4n) is 1.47. The van der Waals surface area contributed by atoms with Crippen LogP contribution in [-0.2, 0) is 4.74 Å². The predicted octanol–water partition coefficient (Wildman–Crippen LogP) is 4.61. The third-order valence-corrected chi connectivity index (χ3v) is 3.35. The van der Waals surface area contributed by atoms with E-state index < -0.39 is 11.8 Å². The first-order valence-corrected chi connectivity index (χ1v) is 7.14. The van der Waals surface area contributed by atoms with E-state index in [0.29, 0.717) is 10.0 Å². The van der Waals surface area contributed by atoms with Crippen LogP contribution in [0.25, 0.3) is 0 Å². The quantitative estimate of drug-likeness (QED) is 0.579. The highest BCUT2D eigenvalue weighted by atomic mass is 79.9. The summed E-state index contributed by atoms with van der Waals surface area (Å²) in [5.74, 6) is -0.618. The van der Waals surface area contributed by atoms with E-state index in [1.165, 1.54) is 24.4 Å². The van der Waals surface area contributed by atoms with E-state index in [-0.39, 0.29) is 23.3 Å². The number of hydrogen-bond acceptors (Lipinski definition) is 4. The molecule has 0 unspecified atom stereocenters. The van der Waals surface area contributed by atoms with Crippen LogP contribution in [0.3, 0.4) is 0 Å². The van der Waals surface area contributed by atoms with Gasteiger partial charge in [-0.15, -0.1) is 0 Å². The molecule has 110 valence electrons. The number of carbonyl (C=O) groups is 1. The minimum absolute atomic E-state index is 0.0140. The zero-order chi connectivity index (χ0) is 15.4. The molecular formula is C14H10BrClFNO3. The minimum Gasteiger partial charge on any atom is -0.462 e. The molecule has 0 aliphatic rings. The summed E-state index contributed by atoms with van der Waals surface area (Å²) in [5, 5.41) is -0.0140. The van der Waals surface area contributed by atoms with Crippen molar-refractivity contribution < 1.29 is 18.7 Å². The van der Waals surface area contributed by atoms with E-state index in [0.717, 1.165) is 6.07 Å². The summed E-state index contributed by atoms with van der Waals surface area (Å²) in [7, 11) is 0. The SMILES string of the molecule is CCOC(=O)c1ccc(Oc2cc(F)c(Cl)cc2Br)nc1. The number of ether oxygens (including phenoxy) is 2. The molecule has 0 bridgehead atoms. The second-order valence-corrected chi connectivity index (χ2v) is 5.17. The van der Waals surface area contributed by atoms with Crippen LogP contribution in [0.1, 0.15) is 17.3 Å². The predicted molar refractivity (Wildman–Crippen MR) is 79.4 cm³/mol. The molecule has 2 aromatic rings. The lowest BCUT2D eigenvalue weighted by atomic mass is 10.3.